The maximum absolute atomic E-state index is 13.8. The van der Waals surface area contributed by atoms with Crippen LogP contribution in [-0.4, -0.2) is 41.1 Å². The van der Waals surface area contributed by atoms with Crippen molar-refractivity contribution in [1.29, 1.82) is 0 Å². The summed E-state index contributed by atoms with van der Waals surface area (Å²) < 4.78 is 45.3. The van der Waals surface area contributed by atoms with E-state index in [1.807, 2.05) is 0 Å². The van der Waals surface area contributed by atoms with Gasteiger partial charge in [-0.2, -0.15) is 0 Å². The number of hydrogen-bond acceptors (Lipinski definition) is 5. The number of carbonyl (C=O) groups is 1. The van der Waals surface area contributed by atoms with E-state index in [-0.39, 0.29) is 19.0 Å². The van der Waals surface area contributed by atoms with Crippen molar-refractivity contribution in [3.05, 3.63) is 29.6 Å². The Morgan fingerprint density at radius 3 is 2.83 bits per heavy atom. The summed E-state index contributed by atoms with van der Waals surface area (Å²) in [6.07, 6.45) is 1.70. The number of halogens is 2. The number of hydrogen-bond donors (Lipinski definition) is 2. The maximum atomic E-state index is 13.8. The normalized spacial score (nSPS) is 17.6. The fourth-order valence-corrected chi connectivity index (χ4v) is 3.71. The van der Waals surface area contributed by atoms with Gasteiger partial charge in [-0.1, -0.05) is 6.07 Å². The van der Waals surface area contributed by atoms with Gasteiger partial charge >= 0.3 is 5.97 Å². The molecule has 9 heteroatoms. The van der Waals surface area contributed by atoms with Crippen LogP contribution < -0.4 is 10.0 Å². The zero-order valence-corrected chi connectivity index (χ0v) is 14.3. The number of nitrogens with one attached hydrogen (secondary N) is 2. The first-order chi connectivity index (χ1) is 10.5. The summed E-state index contributed by atoms with van der Waals surface area (Å²) in [6.45, 7) is 2.05. The highest BCUT2D eigenvalue weighted by atomic mass is 35.5. The molecule has 0 bridgehead atoms. The summed E-state index contributed by atoms with van der Waals surface area (Å²) in [7, 11) is -2.90. The topological polar surface area (TPSA) is 84.5 Å². The Morgan fingerprint density at radius 2 is 2.22 bits per heavy atom. The molecule has 1 atom stereocenters. The molecule has 1 aromatic rings. The molecule has 1 aliphatic heterocycles. The van der Waals surface area contributed by atoms with Crippen LogP contribution >= 0.6 is 12.4 Å². The Labute approximate surface area is 141 Å². The van der Waals surface area contributed by atoms with Crippen LogP contribution in [0, 0.1) is 11.7 Å². The molecular weight excluding hydrogens is 347 g/mol. The fraction of sp³-hybridized carbons (Fsp3) is 0.500. The van der Waals surface area contributed by atoms with E-state index in [1.165, 1.54) is 12.1 Å². The molecule has 2 N–H and O–H groups in total. The van der Waals surface area contributed by atoms with Gasteiger partial charge in [0, 0.05) is 6.54 Å². The molecule has 2 rings (SSSR count). The third-order valence-electron chi connectivity index (χ3n) is 3.66. The van der Waals surface area contributed by atoms with E-state index in [0.717, 1.165) is 32.7 Å². The molecule has 0 amide bonds. The maximum Gasteiger partial charge on any atom is 0.342 e. The van der Waals surface area contributed by atoms with Crippen LogP contribution in [0.15, 0.2) is 23.1 Å². The van der Waals surface area contributed by atoms with Crippen LogP contribution in [0.4, 0.5) is 4.39 Å². The second-order valence-corrected chi connectivity index (χ2v) is 6.89. The van der Waals surface area contributed by atoms with E-state index in [1.54, 1.807) is 0 Å². The molecule has 1 unspecified atom stereocenters. The standard InChI is InChI=1S/C14H19FN2O4S.ClH/c1-21-14(18)13-11(15)3-2-4-12(13)22(19,20)17-8-6-10-5-7-16-9-10;/h2-4,10,16-17H,5-9H2,1H3;1H. The Kier molecular flexibility index (Phi) is 7.40. The molecule has 1 saturated heterocycles. The quantitative estimate of drug-likeness (QED) is 0.742. The van der Waals surface area contributed by atoms with Crippen LogP contribution in [-0.2, 0) is 14.8 Å². The van der Waals surface area contributed by atoms with Crippen LogP contribution in [0.3, 0.4) is 0 Å². The van der Waals surface area contributed by atoms with Gasteiger partial charge in [-0.25, -0.2) is 22.3 Å². The largest absolute Gasteiger partial charge is 0.465 e. The molecule has 1 fully saturated rings. The van der Waals surface area contributed by atoms with Gasteiger partial charge in [0.15, 0.2) is 0 Å². The number of benzene rings is 1. The zero-order chi connectivity index (χ0) is 16.2. The zero-order valence-electron chi connectivity index (χ0n) is 12.7. The first-order valence-corrected chi connectivity index (χ1v) is 8.51. The lowest BCUT2D eigenvalue weighted by molar-refractivity contribution is 0.0590. The van der Waals surface area contributed by atoms with E-state index < -0.39 is 32.3 Å². The van der Waals surface area contributed by atoms with Crippen molar-refractivity contribution in [1.82, 2.24) is 10.0 Å². The lowest BCUT2D eigenvalue weighted by atomic mass is 10.1. The third-order valence-corrected chi connectivity index (χ3v) is 5.16. The molecule has 0 saturated carbocycles. The number of methoxy groups -OCH3 is 1. The molecule has 130 valence electrons. The lowest BCUT2D eigenvalue weighted by Gasteiger charge is -2.12. The van der Waals surface area contributed by atoms with Gasteiger partial charge in [0.05, 0.1) is 12.0 Å². The monoisotopic (exact) mass is 366 g/mol. The molecule has 1 aliphatic rings. The number of esters is 1. The second-order valence-electron chi connectivity index (χ2n) is 5.15. The molecule has 1 heterocycles. The smallest absolute Gasteiger partial charge is 0.342 e. The molecule has 1 aromatic carbocycles. The van der Waals surface area contributed by atoms with Gasteiger partial charge in [-0.05, 0) is 44.0 Å². The molecular formula is C14H20ClFN2O4S. The number of carbonyl (C=O) groups excluding carboxylic acids is 1. The van der Waals surface area contributed by atoms with E-state index in [0.29, 0.717) is 12.3 Å². The second kappa shape index (κ2) is 8.58. The summed E-state index contributed by atoms with van der Waals surface area (Å²) in [5, 5.41) is 3.20. The fourth-order valence-electron chi connectivity index (χ4n) is 2.46. The summed E-state index contributed by atoms with van der Waals surface area (Å²) in [6, 6.07) is 3.46. The minimum Gasteiger partial charge on any atom is -0.465 e. The number of sulfonamides is 1. The highest BCUT2D eigenvalue weighted by Gasteiger charge is 2.26. The van der Waals surface area contributed by atoms with E-state index in [4.69, 9.17) is 0 Å². The van der Waals surface area contributed by atoms with Crippen molar-refractivity contribution in [3.8, 4) is 0 Å². The highest BCUT2D eigenvalue weighted by Crippen LogP contribution is 2.20. The SMILES string of the molecule is COC(=O)c1c(F)cccc1S(=O)(=O)NCCC1CCNC1.Cl. The van der Waals surface area contributed by atoms with Crippen molar-refractivity contribution in [2.24, 2.45) is 5.92 Å². The van der Waals surface area contributed by atoms with Gasteiger partial charge in [-0.3, -0.25) is 0 Å². The molecule has 0 radical (unpaired) electrons. The van der Waals surface area contributed by atoms with Crippen LogP contribution in [0.1, 0.15) is 23.2 Å². The van der Waals surface area contributed by atoms with Gasteiger partial charge in [0.25, 0.3) is 0 Å². The summed E-state index contributed by atoms with van der Waals surface area (Å²) >= 11 is 0. The van der Waals surface area contributed by atoms with Crippen molar-refractivity contribution in [2.45, 2.75) is 17.7 Å². The van der Waals surface area contributed by atoms with E-state index in [2.05, 4.69) is 14.8 Å². The number of ether oxygens (including phenoxy) is 1. The first-order valence-electron chi connectivity index (χ1n) is 7.03. The Hall–Kier alpha value is -1.22. The summed E-state index contributed by atoms with van der Waals surface area (Å²) in [5.41, 5.74) is -0.569. The summed E-state index contributed by atoms with van der Waals surface area (Å²) in [5.74, 6) is -1.51. The molecule has 0 spiro atoms. The molecule has 0 aromatic heterocycles. The average Bonchev–Trinajstić information content (AvgIpc) is 2.99. The van der Waals surface area contributed by atoms with Gasteiger partial charge < -0.3 is 10.1 Å². The predicted molar refractivity (Wildman–Crippen MR) is 85.8 cm³/mol. The van der Waals surface area contributed by atoms with Crippen LogP contribution in [0.25, 0.3) is 0 Å². The molecule has 0 aliphatic carbocycles. The van der Waals surface area contributed by atoms with Crippen molar-refractivity contribution in [2.75, 3.05) is 26.7 Å². The van der Waals surface area contributed by atoms with Crippen LogP contribution in [0.5, 0.6) is 0 Å². The molecule has 23 heavy (non-hydrogen) atoms. The molecule has 6 nitrogen and oxygen atoms in total. The Balaban J connectivity index is 0.00000264. The first kappa shape index (κ1) is 19.8. The van der Waals surface area contributed by atoms with Crippen molar-refractivity contribution < 1.29 is 22.3 Å². The van der Waals surface area contributed by atoms with Gasteiger partial charge in [0.2, 0.25) is 10.0 Å². The van der Waals surface area contributed by atoms with Gasteiger partial charge in [0.1, 0.15) is 11.4 Å². The van der Waals surface area contributed by atoms with Crippen molar-refractivity contribution in [3.63, 3.8) is 0 Å². The van der Waals surface area contributed by atoms with Crippen LogP contribution in [0.2, 0.25) is 0 Å². The minimum atomic E-state index is -3.97. The lowest BCUT2D eigenvalue weighted by Crippen LogP contribution is -2.28. The van der Waals surface area contributed by atoms with Gasteiger partial charge in [-0.15, -0.1) is 12.4 Å². The van der Waals surface area contributed by atoms with E-state index >= 15 is 0 Å². The van der Waals surface area contributed by atoms with Crippen molar-refractivity contribution >= 4 is 28.4 Å². The minimum absolute atomic E-state index is 0. The highest BCUT2D eigenvalue weighted by molar-refractivity contribution is 7.89. The third kappa shape index (κ3) is 4.87. The predicted octanol–water partition coefficient (Wildman–Crippen LogP) is 1.31. The Bertz CT molecular complexity index is 648. The van der Waals surface area contributed by atoms with E-state index in [9.17, 15) is 17.6 Å². The average molecular weight is 367 g/mol. The summed E-state index contributed by atoms with van der Waals surface area (Å²) in [4.78, 5) is 11.2. The number of rotatable bonds is 6. The Morgan fingerprint density at radius 1 is 1.48 bits per heavy atom.